The summed E-state index contributed by atoms with van der Waals surface area (Å²) in [5.74, 6) is 0.512. The van der Waals surface area contributed by atoms with Crippen LogP contribution in [-0.2, 0) is 6.54 Å². The molecule has 3 aromatic rings. The molecule has 0 unspecified atom stereocenters. The van der Waals surface area contributed by atoms with Crippen molar-refractivity contribution in [3.63, 3.8) is 0 Å². The molecule has 0 radical (unpaired) electrons. The van der Waals surface area contributed by atoms with Crippen molar-refractivity contribution in [2.24, 2.45) is 0 Å². The Balaban J connectivity index is 1.69. The number of pyridine rings is 2. The monoisotopic (exact) mass is 279 g/mol. The van der Waals surface area contributed by atoms with E-state index in [0.29, 0.717) is 18.1 Å². The maximum atomic E-state index is 11.9. The molecule has 3 heterocycles. The van der Waals surface area contributed by atoms with Crippen LogP contribution >= 0.6 is 0 Å². The normalized spacial score (nSPS) is 10.3. The first kappa shape index (κ1) is 13.0. The molecule has 0 aliphatic carbocycles. The van der Waals surface area contributed by atoms with Crippen LogP contribution < -0.4 is 5.32 Å². The van der Waals surface area contributed by atoms with E-state index in [4.69, 9.17) is 0 Å². The minimum absolute atomic E-state index is 0.201. The predicted molar refractivity (Wildman–Crippen MR) is 76.8 cm³/mol. The van der Waals surface area contributed by atoms with Crippen molar-refractivity contribution in [3.05, 3.63) is 72.4 Å². The topological polar surface area (TPSA) is 72.7 Å². The third-order valence-corrected chi connectivity index (χ3v) is 2.90. The highest BCUT2D eigenvalue weighted by Gasteiger charge is 2.06. The molecule has 0 aromatic carbocycles. The van der Waals surface area contributed by atoms with Gasteiger partial charge >= 0.3 is 0 Å². The molecule has 0 aliphatic heterocycles. The van der Waals surface area contributed by atoms with Gasteiger partial charge in [0, 0.05) is 31.3 Å². The minimum Gasteiger partial charge on any atom is -0.347 e. The molecule has 3 rings (SSSR count). The van der Waals surface area contributed by atoms with Crippen LogP contribution in [0, 0.1) is 0 Å². The maximum absolute atomic E-state index is 11.9. The van der Waals surface area contributed by atoms with Crippen molar-refractivity contribution in [1.29, 1.82) is 0 Å². The van der Waals surface area contributed by atoms with Crippen molar-refractivity contribution in [1.82, 2.24) is 25.1 Å². The van der Waals surface area contributed by atoms with Gasteiger partial charge in [-0.2, -0.15) is 5.10 Å². The third kappa shape index (κ3) is 3.11. The molecule has 0 saturated heterocycles. The number of amides is 1. The van der Waals surface area contributed by atoms with E-state index in [1.165, 1.54) is 0 Å². The van der Waals surface area contributed by atoms with Crippen LogP contribution in [-0.4, -0.2) is 25.7 Å². The summed E-state index contributed by atoms with van der Waals surface area (Å²) < 4.78 is 1.67. The SMILES string of the molecule is O=C(NCc1ccnc(-n2cccn2)c1)c1ccccn1. The number of nitrogens with one attached hydrogen (secondary N) is 1. The van der Waals surface area contributed by atoms with Gasteiger partial charge in [-0.15, -0.1) is 0 Å². The Bertz CT molecular complexity index is 725. The van der Waals surface area contributed by atoms with Gasteiger partial charge in [-0.25, -0.2) is 9.67 Å². The number of nitrogens with zero attached hydrogens (tertiary/aromatic N) is 4. The first-order chi connectivity index (χ1) is 10.3. The van der Waals surface area contributed by atoms with Crippen LogP contribution in [0.15, 0.2) is 61.2 Å². The lowest BCUT2D eigenvalue weighted by molar-refractivity contribution is 0.0946. The molecule has 0 spiro atoms. The molecule has 104 valence electrons. The first-order valence-corrected chi connectivity index (χ1v) is 6.47. The number of hydrogen-bond donors (Lipinski definition) is 1. The van der Waals surface area contributed by atoms with Gasteiger partial charge in [0.2, 0.25) is 0 Å². The zero-order chi connectivity index (χ0) is 14.5. The summed E-state index contributed by atoms with van der Waals surface area (Å²) >= 11 is 0. The standard InChI is InChI=1S/C15H13N5O/c21-15(13-4-1-2-6-16-13)18-11-12-5-8-17-14(10-12)20-9-3-7-19-20/h1-10H,11H2,(H,18,21). The van der Waals surface area contributed by atoms with Crippen LogP contribution in [0.3, 0.4) is 0 Å². The Kier molecular flexibility index (Phi) is 3.68. The van der Waals surface area contributed by atoms with Gasteiger partial charge in [-0.05, 0) is 35.9 Å². The van der Waals surface area contributed by atoms with Crippen LogP contribution in [0.5, 0.6) is 0 Å². The fourth-order valence-corrected chi connectivity index (χ4v) is 1.87. The fraction of sp³-hybridized carbons (Fsp3) is 0.0667. The fourth-order valence-electron chi connectivity index (χ4n) is 1.87. The third-order valence-electron chi connectivity index (χ3n) is 2.90. The van der Waals surface area contributed by atoms with E-state index in [9.17, 15) is 4.79 Å². The quantitative estimate of drug-likeness (QED) is 0.787. The molecule has 21 heavy (non-hydrogen) atoms. The summed E-state index contributed by atoms with van der Waals surface area (Å²) in [4.78, 5) is 20.2. The van der Waals surface area contributed by atoms with Crippen LogP contribution in [0.2, 0.25) is 0 Å². The molecule has 3 aromatic heterocycles. The highest BCUT2D eigenvalue weighted by molar-refractivity contribution is 5.92. The van der Waals surface area contributed by atoms with E-state index in [2.05, 4.69) is 20.4 Å². The predicted octanol–water partition coefficient (Wildman–Crippen LogP) is 1.59. The van der Waals surface area contributed by atoms with E-state index in [1.807, 2.05) is 24.4 Å². The van der Waals surface area contributed by atoms with Crippen molar-refractivity contribution in [3.8, 4) is 5.82 Å². The number of aromatic nitrogens is 4. The average molecular weight is 279 g/mol. The van der Waals surface area contributed by atoms with E-state index in [-0.39, 0.29) is 5.91 Å². The Labute approximate surface area is 121 Å². The Morgan fingerprint density at radius 2 is 2.05 bits per heavy atom. The van der Waals surface area contributed by atoms with E-state index in [0.717, 1.165) is 5.56 Å². The molecule has 0 fully saturated rings. The Hall–Kier alpha value is -3.02. The lowest BCUT2D eigenvalue weighted by Gasteiger charge is -2.06. The molecule has 0 saturated carbocycles. The van der Waals surface area contributed by atoms with Crippen molar-refractivity contribution >= 4 is 5.91 Å². The molecule has 6 nitrogen and oxygen atoms in total. The zero-order valence-corrected chi connectivity index (χ0v) is 11.2. The summed E-state index contributed by atoms with van der Waals surface area (Å²) in [5, 5.41) is 6.96. The number of hydrogen-bond acceptors (Lipinski definition) is 4. The van der Waals surface area contributed by atoms with Gasteiger partial charge in [0.15, 0.2) is 5.82 Å². The lowest BCUT2D eigenvalue weighted by atomic mass is 10.2. The largest absolute Gasteiger partial charge is 0.347 e. The van der Waals surface area contributed by atoms with Gasteiger partial charge in [-0.3, -0.25) is 9.78 Å². The molecule has 0 aliphatic rings. The second-order valence-corrected chi connectivity index (χ2v) is 4.37. The number of rotatable bonds is 4. The highest BCUT2D eigenvalue weighted by Crippen LogP contribution is 2.06. The second kappa shape index (κ2) is 5.96. The molecule has 0 atom stereocenters. The molecule has 0 bridgehead atoms. The van der Waals surface area contributed by atoms with Gasteiger partial charge in [0.05, 0.1) is 0 Å². The van der Waals surface area contributed by atoms with Crippen molar-refractivity contribution in [2.45, 2.75) is 6.54 Å². The minimum atomic E-state index is -0.201. The maximum Gasteiger partial charge on any atom is 0.270 e. The number of carbonyl (C=O) groups excluding carboxylic acids is 1. The summed E-state index contributed by atoms with van der Waals surface area (Å²) in [6.07, 6.45) is 6.80. The molecular formula is C15H13N5O. The van der Waals surface area contributed by atoms with E-state index in [1.54, 1.807) is 41.5 Å². The van der Waals surface area contributed by atoms with Gasteiger partial charge in [0.1, 0.15) is 5.69 Å². The molecule has 1 N–H and O–H groups in total. The van der Waals surface area contributed by atoms with Gasteiger partial charge in [-0.1, -0.05) is 6.07 Å². The molecule has 1 amide bonds. The Morgan fingerprint density at radius 3 is 2.81 bits per heavy atom. The summed E-state index contributed by atoms with van der Waals surface area (Å²) in [6.45, 7) is 0.409. The van der Waals surface area contributed by atoms with E-state index >= 15 is 0 Å². The summed E-state index contributed by atoms with van der Waals surface area (Å²) in [7, 11) is 0. The summed E-state index contributed by atoms with van der Waals surface area (Å²) in [6, 6.07) is 10.8. The first-order valence-electron chi connectivity index (χ1n) is 6.47. The van der Waals surface area contributed by atoms with Crippen LogP contribution in [0.4, 0.5) is 0 Å². The van der Waals surface area contributed by atoms with Gasteiger partial charge < -0.3 is 5.32 Å². The lowest BCUT2D eigenvalue weighted by Crippen LogP contribution is -2.23. The van der Waals surface area contributed by atoms with Crippen molar-refractivity contribution in [2.75, 3.05) is 0 Å². The number of carbonyl (C=O) groups is 1. The molecule has 6 heteroatoms. The Morgan fingerprint density at radius 1 is 1.10 bits per heavy atom. The zero-order valence-electron chi connectivity index (χ0n) is 11.2. The van der Waals surface area contributed by atoms with Crippen LogP contribution in [0.25, 0.3) is 5.82 Å². The van der Waals surface area contributed by atoms with Gasteiger partial charge in [0.25, 0.3) is 5.91 Å². The second-order valence-electron chi connectivity index (χ2n) is 4.37. The van der Waals surface area contributed by atoms with Crippen molar-refractivity contribution < 1.29 is 4.79 Å². The highest BCUT2D eigenvalue weighted by atomic mass is 16.1. The average Bonchev–Trinajstić information content (AvgIpc) is 3.08. The van der Waals surface area contributed by atoms with Crippen LogP contribution in [0.1, 0.15) is 16.1 Å². The van der Waals surface area contributed by atoms with E-state index < -0.39 is 0 Å². The molecular weight excluding hydrogens is 266 g/mol. The smallest absolute Gasteiger partial charge is 0.270 e. The summed E-state index contributed by atoms with van der Waals surface area (Å²) in [5.41, 5.74) is 1.35.